The van der Waals surface area contributed by atoms with Gasteiger partial charge in [0.2, 0.25) is 22.4 Å². The maximum absolute atomic E-state index is 11.6. The summed E-state index contributed by atoms with van der Waals surface area (Å²) in [5, 5.41) is 2.88. The number of nitrogens with zero attached hydrogens (tertiary/aromatic N) is 4. The van der Waals surface area contributed by atoms with Crippen LogP contribution in [0.15, 0.2) is 0 Å². The van der Waals surface area contributed by atoms with Gasteiger partial charge in [-0.2, -0.15) is 15.0 Å². The van der Waals surface area contributed by atoms with E-state index in [-0.39, 0.29) is 28.5 Å². The lowest BCUT2D eigenvalue weighted by Crippen LogP contribution is -2.31. The lowest BCUT2D eigenvalue weighted by molar-refractivity contribution is -0.127. The molecule has 6 nitrogen and oxygen atoms in total. The summed E-state index contributed by atoms with van der Waals surface area (Å²) in [4.78, 5) is 24.5. The van der Waals surface area contributed by atoms with Crippen LogP contribution in [-0.2, 0) is 4.79 Å². The highest BCUT2D eigenvalue weighted by Crippen LogP contribution is 2.15. The van der Waals surface area contributed by atoms with Crippen LogP contribution in [0, 0.1) is 0 Å². The molecule has 1 amide bonds. The second-order valence-electron chi connectivity index (χ2n) is 3.44. The van der Waals surface area contributed by atoms with E-state index in [2.05, 4.69) is 20.3 Å². The van der Waals surface area contributed by atoms with Gasteiger partial charge in [-0.15, -0.1) is 0 Å². The molecule has 1 saturated heterocycles. The van der Waals surface area contributed by atoms with E-state index in [4.69, 9.17) is 23.2 Å². The van der Waals surface area contributed by atoms with Crippen molar-refractivity contribution in [2.24, 2.45) is 0 Å². The van der Waals surface area contributed by atoms with Crippen LogP contribution in [0.2, 0.25) is 10.6 Å². The van der Waals surface area contributed by atoms with E-state index in [1.54, 1.807) is 11.9 Å². The summed E-state index contributed by atoms with van der Waals surface area (Å²) in [5.74, 6) is 0.228. The standard InChI is InChI=1S/C8H9Cl2N5O/c1-15-3-2-4(5(15)16)11-8-13-6(9)12-7(10)14-8/h4H,2-3H2,1H3,(H,11,12,13,14). The minimum Gasteiger partial charge on any atom is -0.344 e. The van der Waals surface area contributed by atoms with E-state index in [0.717, 1.165) is 0 Å². The van der Waals surface area contributed by atoms with E-state index in [1.807, 2.05) is 0 Å². The first-order valence-electron chi connectivity index (χ1n) is 4.65. The predicted octanol–water partition coefficient (Wildman–Crippen LogP) is 0.821. The van der Waals surface area contributed by atoms with Crippen LogP contribution in [-0.4, -0.2) is 45.4 Å². The van der Waals surface area contributed by atoms with Gasteiger partial charge < -0.3 is 10.2 Å². The predicted molar refractivity (Wildman–Crippen MR) is 59.5 cm³/mol. The molecule has 2 heterocycles. The highest BCUT2D eigenvalue weighted by Gasteiger charge is 2.29. The molecule has 1 aliphatic heterocycles. The smallest absolute Gasteiger partial charge is 0.244 e. The van der Waals surface area contributed by atoms with Crippen LogP contribution in [0.1, 0.15) is 6.42 Å². The Bertz CT molecular complexity index is 407. The normalized spacial score (nSPS) is 20.3. The molecule has 8 heteroatoms. The average molecular weight is 262 g/mol. The van der Waals surface area contributed by atoms with Crippen LogP contribution in [0.5, 0.6) is 0 Å². The summed E-state index contributed by atoms with van der Waals surface area (Å²) < 4.78 is 0. The molecule has 1 aromatic rings. The van der Waals surface area contributed by atoms with Gasteiger partial charge in [-0.3, -0.25) is 4.79 Å². The molecule has 0 bridgehead atoms. The van der Waals surface area contributed by atoms with Gasteiger partial charge >= 0.3 is 0 Å². The summed E-state index contributed by atoms with van der Waals surface area (Å²) in [6, 6.07) is -0.320. The van der Waals surface area contributed by atoms with Crippen LogP contribution < -0.4 is 5.32 Å². The Morgan fingerprint density at radius 2 is 1.94 bits per heavy atom. The third-order valence-electron chi connectivity index (χ3n) is 2.31. The summed E-state index contributed by atoms with van der Waals surface area (Å²) in [6.07, 6.45) is 0.705. The molecule has 0 radical (unpaired) electrons. The zero-order chi connectivity index (χ0) is 11.7. The monoisotopic (exact) mass is 261 g/mol. The molecule has 0 spiro atoms. The van der Waals surface area contributed by atoms with Gasteiger partial charge in [0.05, 0.1) is 0 Å². The highest BCUT2D eigenvalue weighted by atomic mass is 35.5. The number of likely N-dealkylation sites (N-methyl/N-ethyl adjacent to an activating group) is 1. The number of aromatic nitrogens is 3. The number of hydrogen-bond donors (Lipinski definition) is 1. The van der Waals surface area contributed by atoms with Crippen molar-refractivity contribution < 1.29 is 4.79 Å². The van der Waals surface area contributed by atoms with E-state index >= 15 is 0 Å². The van der Waals surface area contributed by atoms with Gasteiger partial charge in [0.25, 0.3) is 0 Å². The van der Waals surface area contributed by atoms with Gasteiger partial charge in [0, 0.05) is 13.6 Å². The number of anilines is 1. The summed E-state index contributed by atoms with van der Waals surface area (Å²) in [7, 11) is 1.75. The number of halogens is 2. The van der Waals surface area contributed by atoms with E-state index < -0.39 is 0 Å². The largest absolute Gasteiger partial charge is 0.344 e. The molecule has 2 rings (SSSR count). The molecular formula is C8H9Cl2N5O. The maximum atomic E-state index is 11.6. The number of likely N-dealkylation sites (tertiary alicyclic amines) is 1. The Kier molecular flexibility index (Phi) is 3.11. The molecule has 1 unspecified atom stereocenters. The third-order valence-corrected chi connectivity index (χ3v) is 2.65. The van der Waals surface area contributed by atoms with Gasteiger partial charge in [0.1, 0.15) is 6.04 Å². The molecule has 16 heavy (non-hydrogen) atoms. The number of nitrogens with one attached hydrogen (secondary N) is 1. The van der Waals surface area contributed by atoms with Crippen molar-refractivity contribution in [3.8, 4) is 0 Å². The van der Waals surface area contributed by atoms with E-state index in [9.17, 15) is 4.79 Å². The molecule has 1 fully saturated rings. The molecule has 1 aromatic heterocycles. The summed E-state index contributed by atoms with van der Waals surface area (Å²) >= 11 is 11.2. The molecule has 0 saturated carbocycles. The molecule has 86 valence electrons. The number of rotatable bonds is 2. The number of carbonyl (C=O) groups excluding carboxylic acids is 1. The summed E-state index contributed by atoms with van der Waals surface area (Å²) in [5.41, 5.74) is 0. The first-order chi connectivity index (χ1) is 7.56. The van der Waals surface area contributed by atoms with Gasteiger partial charge in [-0.25, -0.2) is 0 Å². The Hall–Kier alpha value is -1.14. The fraction of sp³-hybridized carbons (Fsp3) is 0.500. The maximum Gasteiger partial charge on any atom is 0.244 e. The first kappa shape index (κ1) is 11.3. The minimum atomic E-state index is -0.320. The van der Waals surface area contributed by atoms with Crippen LogP contribution in [0.3, 0.4) is 0 Å². The Morgan fingerprint density at radius 3 is 2.44 bits per heavy atom. The van der Waals surface area contributed by atoms with Crippen molar-refractivity contribution in [1.82, 2.24) is 19.9 Å². The fourth-order valence-corrected chi connectivity index (χ4v) is 1.87. The Balaban J connectivity index is 2.12. The first-order valence-corrected chi connectivity index (χ1v) is 5.40. The molecule has 1 aliphatic rings. The SMILES string of the molecule is CN1CCC(Nc2nc(Cl)nc(Cl)n2)C1=O. The Morgan fingerprint density at radius 1 is 1.31 bits per heavy atom. The van der Waals surface area contributed by atoms with Crippen molar-refractivity contribution in [1.29, 1.82) is 0 Å². The van der Waals surface area contributed by atoms with Crippen molar-refractivity contribution in [3.05, 3.63) is 10.6 Å². The zero-order valence-corrected chi connectivity index (χ0v) is 9.96. The molecule has 1 N–H and O–H groups in total. The Labute approximate surface area is 102 Å². The zero-order valence-electron chi connectivity index (χ0n) is 8.44. The van der Waals surface area contributed by atoms with E-state index in [1.165, 1.54) is 0 Å². The number of carbonyl (C=O) groups is 1. The van der Waals surface area contributed by atoms with Crippen LogP contribution in [0.4, 0.5) is 5.95 Å². The van der Waals surface area contributed by atoms with Crippen molar-refractivity contribution in [2.45, 2.75) is 12.5 Å². The van der Waals surface area contributed by atoms with Crippen LogP contribution >= 0.6 is 23.2 Å². The molecular weight excluding hydrogens is 253 g/mol. The molecule has 0 aliphatic carbocycles. The van der Waals surface area contributed by atoms with Gasteiger partial charge in [-0.05, 0) is 29.6 Å². The minimum absolute atomic E-state index is 0.00120. The lowest BCUT2D eigenvalue weighted by atomic mass is 10.2. The number of hydrogen-bond acceptors (Lipinski definition) is 5. The average Bonchev–Trinajstić information content (AvgIpc) is 2.48. The second kappa shape index (κ2) is 4.39. The van der Waals surface area contributed by atoms with Crippen molar-refractivity contribution in [3.63, 3.8) is 0 Å². The topological polar surface area (TPSA) is 71.0 Å². The second-order valence-corrected chi connectivity index (χ2v) is 4.12. The molecule has 0 aromatic carbocycles. The van der Waals surface area contributed by atoms with E-state index in [0.29, 0.717) is 13.0 Å². The quantitative estimate of drug-likeness (QED) is 0.854. The number of amides is 1. The molecule has 1 atom stereocenters. The fourth-order valence-electron chi connectivity index (χ4n) is 1.50. The highest BCUT2D eigenvalue weighted by molar-refractivity contribution is 6.31. The van der Waals surface area contributed by atoms with Gasteiger partial charge in [-0.1, -0.05) is 0 Å². The summed E-state index contributed by atoms with van der Waals surface area (Å²) in [6.45, 7) is 0.711. The van der Waals surface area contributed by atoms with Crippen molar-refractivity contribution >= 4 is 35.1 Å². The van der Waals surface area contributed by atoms with Gasteiger partial charge in [0.15, 0.2) is 0 Å². The van der Waals surface area contributed by atoms with Crippen LogP contribution in [0.25, 0.3) is 0 Å². The lowest BCUT2D eigenvalue weighted by Gasteiger charge is -2.11. The van der Waals surface area contributed by atoms with Crippen molar-refractivity contribution in [2.75, 3.05) is 18.9 Å². The third kappa shape index (κ3) is 2.33.